The molecule has 0 bridgehead atoms. The topological polar surface area (TPSA) is 193 Å². The number of carboxylic acids is 2. The lowest BCUT2D eigenvalue weighted by Crippen LogP contribution is -2.49. The van der Waals surface area contributed by atoms with Crippen molar-refractivity contribution in [2.45, 2.75) is 50.8 Å². The predicted octanol–water partition coefficient (Wildman–Crippen LogP) is -0.767. The summed E-state index contributed by atoms with van der Waals surface area (Å²) in [5.41, 5.74) is 11.1. The fourth-order valence-corrected chi connectivity index (χ4v) is 2.07. The van der Waals surface area contributed by atoms with Gasteiger partial charge in [-0.2, -0.15) is 0 Å². The van der Waals surface area contributed by atoms with Crippen molar-refractivity contribution < 1.29 is 34.5 Å². The number of carbonyl (C=O) groups is 4. The summed E-state index contributed by atoms with van der Waals surface area (Å²) in [4.78, 5) is 42.8. The fraction of sp³-hybridized carbons (Fsp3) is 0.444. The summed E-state index contributed by atoms with van der Waals surface area (Å²) in [6.07, 6.45) is -0.924. The van der Waals surface area contributed by atoms with Crippen LogP contribution in [0.3, 0.4) is 0 Å². The van der Waals surface area contributed by atoms with Gasteiger partial charge in [0.05, 0.1) is 12.5 Å². The van der Waals surface area contributed by atoms with E-state index < -0.39 is 48.4 Å². The summed E-state index contributed by atoms with van der Waals surface area (Å²) in [7, 11) is 0. The van der Waals surface area contributed by atoms with Gasteiger partial charge in [-0.25, -0.2) is 4.79 Å². The van der Waals surface area contributed by atoms with Crippen LogP contribution < -0.4 is 16.8 Å². The third-order valence-electron chi connectivity index (χ3n) is 3.47. The van der Waals surface area contributed by atoms with Gasteiger partial charge in [-0.3, -0.25) is 14.4 Å². The average Bonchev–Trinajstić information content (AvgIpc) is 2.60. The standard InChI is InChI=1S/C9H16N2O5.C9H11NO2/c1-2-3-7(14)11-8(9(15)16)5(12)4-6(10)13;10-8(9(11)12)6-7-4-2-1-3-5-7/h5,8,12H,2-4H2,1H3,(H2,10,13)(H,11,14)(H,15,16);1-5,8H,6,10H2,(H,11,12). The van der Waals surface area contributed by atoms with E-state index in [1.165, 1.54) is 0 Å². The van der Waals surface area contributed by atoms with Crippen molar-refractivity contribution in [1.82, 2.24) is 5.32 Å². The van der Waals surface area contributed by atoms with Crippen LogP contribution in [0.2, 0.25) is 0 Å². The number of benzene rings is 1. The Morgan fingerprint density at radius 3 is 2.07 bits per heavy atom. The average molecular weight is 397 g/mol. The zero-order valence-electron chi connectivity index (χ0n) is 15.6. The van der Waals surface area contributed by atoms with Crippen molar-refractivity contribution in [3.05, 3.63) is 35.9 Å². The van der Waals surface area contributed by atoms with E-state index in [1.54, 1.807) is 6.92 Å². The molecule has 0 fully saturated rings. The summed E-state index contributed by atoms with van der Waals surface area (Å²) in [6.45, 7) is 1.76. The molecule has 0 spiro atoms. The Hall–Kier alpha value is -2.98. The molecule has 0 aliphatic heterocycles. The zero-order valence-corrected chi connectivity index (χ0v) is 15.6. The molecular formula is C18H27N3O7. The number of aliphatic hydroxyl groups excluding tert-OH is 1. The second kappa shape index (κ2) is 13.2. The lowest BCUT2D eigenvalue weighted by atomic mass is 10.1. The van der Waals surface area contributed by atoms with Crippen LogP contribution >= 0.6 is 0 Å². The van der Waals surface area contributed by atoms with Crippen molar-refractivity contribution in [2.24, 2.45) is 11.5 Å². The van der Waals surface area contributed by atoms with Crippen molar-refractivity contribution in [3.8, 4) is 0 Å². The number of aliphatic hydroxyl groups is 1. The number of nitrogens with two attached hydrogens (primary N) is 2. The van der Waals surface area contributed by atoms with Gasteiger partial charge >= 0.3 is 11.9 Å². The van der Waals surface area contributed by atoms with Gasteiger partial charge in [-0.05, 0) is 18.4 Å². The molecular weight excluding hydrogens is 370 g/mol. The first-order valence-corrected chi connectivity index (χ1v) is 8.59. The highest BCUT2D eigenvalue weighted by Crippen LogP contribution is 2.02. The largest absolute Gasteiger partial charge is 0.480 e. The minimum absolute atomic E-state index is 0.160. The fourth-order valence-electron chi connectivity index (χ4n) is 2.07. The Bertz CT molecular complexity index is 652. The van der Waals surface area contributed by atoms with Gasteiger partial charge in [0, 0.05) is 6.42 Å². The minimum atomic E-state index is -1.52. The van der Waals surface area contributed by atoms with Crippen molar-refractivity contribution >= 4 is 23.8 Å². The van der Waals surface area contributed by atoms with Crippen LogP contribution in [0.25, 0.3) is 0 Å². The van der Waals surface area contributed by atoms with Crippen LogP contribution in [0.15, 0.2) is 30.3 Å². The van der Waals surface area contributed by atoms with Gasteiger partial charge in [0.15, 0.2) is 6.04 Å². The lowest BCUT2D eigenvalue weighted by molar-refractivity contribution is -0.145. The number of hydrogen-bond donors (Lipinski definition) is 6. The van der Waals surface area contributed by atoms with E-state index in [1.807, 2.05) is 30.3 Å². The normalized spacial score (nSPS) is 13.2. The molecule has 0 aliphatic carbocycles. The summed E-state index contributed by atoms with van der Waals surface area (Å²) < 4.78 is 0. The first-order chi connectivity index (χ1) is 13.1. The Morgan fingerprint density at radius 2 is 1.64 bits per heavy atom. The molecule has 156 valence electrons. The molecule has 1 aromatic rings. The summed E-state index contributed by atoms with van der Waals surface area (Å²) >= 11 is 0. The summed E-state index contributed by atoms with van der Waals surface area (Å²) in [5, 5.41) is 28.8. The molecule has 1 aromatic carbocycles. The van der Waals surface area contributed by atoms with E-state index >= 15 is 0 Å². The molecule has 10 heteroatoms. The summed E-state index contributed by atoms with van der Waals surface area (Å²) in [5.74, 6) is -3.68. The van der Waals surface area contributed by atoms with Crippen LogP contribution in [0.5, 0.6) is 0 Å². The maximum absolute atomic E-state index is 11.1. The lowest BCUT2D eigenvalue weighted by Gasteiger charge is -2.19. The van der Waals surface area contributed by atoms with Crippen LogP contribution in [-0.4, -0.2) is 57.3 Å². The van der Waals surface area contributed by atoms with E-state index in [9.17, 15) is 24.3 Å². The van der Waals surface area contributed by atoms with Gasteiger partial charge in [-0.15, -0.1) is 0 Å². The number of aliphatic carboxylic acids is 2. The summed E-state index contributed by atoms with van der Waals surface area (Å²) in [6, 6.07) is 7.04. The minimum Gasteiger partial charge on any atom is -0.480 e. The highest BCUT2D eigenvalue weighted by atomic mass is 16.4. The van der Waals surface area contributed by atoms with Crippen LogP contribution in [-0.2, 0) is 25.6 Å². The second-order valence-electron chi connectivity index (χ2n) is 6.01. The number of nitrogens with one attached hydrogen (secondary N) is 1. The third kappa shape index (κ3) is 10.9. The Labute approximate surface area is 162 Å². The van der Waals surface area contributed by atoms with E-state index in [2.05, 4.69) is 5.32 Å². The van der Waals surface area contributed by atoms with E-state index in [4.69, 9.17) is 21.7 Å². The number of primary amides is 1. The molecule has 0 heterocycles. The van der Waals surface area contributed by atoms with Crippen LogP contribution in [0.1, 0.15) is 31.7 Å². The zero-order chi connectivity index (χ0) is 21.7. The van der Waals surface area contributed by atoms with Crippen LogP contribution in [0.4, 0.5) is 0 Å². The van der Waals surface area contributed by atoms with Crippen molar-refractivity contribution in [1.29, 1.82) is 0 Å². The number of hydrogen-bond acceptors (Lipinski definition) is 6. The molecule has 0 radical (unpaired) electrons. The molecule has 8 N–H and O–H groups in total. The maximum Gasteiger partial charge on any atom is 0.328 e. The molecule has 0 aromatic heterocycles. The van der Waals surface area contributed by atoms with Crippen molar-refractivity contribution in [3.63, 3.8) is 0 Å². The van der Waals surface area contributed by atoms with Gasteiger partial charge in [-0.1, -0.05) is 37.3 Å². The molecule has 3 atom stereocenters. The second-order valence-corrected chi connectivity index (χ2v) is 6.01. The van der Waals surface area contributed by atoms with Crippen LogP contribution in [0, 0.1) is 0 Å². The number of rotatable bonds is 10. The number of amides is 2. The molecule has 2 amide bonds. The first-order valence-electron chi connectivity index (χ1n) is 8.59. The smallest absolute Gasteiger partial charge is 0.328 e. The molecule has 28 heavy (non-hydrogen) atoms. The van der Waals surface area contributed by atoms with E-state index in [0.29, 0.717) is 12.8 Å². The first kappa shape index (κ1) is 25.0. The molecule has 0 aliphatic rings. The molecule has 0 saturated heterocycles. The monoisotopic (exact) mass is 397 g/mol. The molecule has 10 nitrogen and oxygen atoms in total. The highest BCUT2D eigenvalue weighted by molar-refractivity contribution is 5.85. The van der Waals surface area contributed by atoms with Gasteiger partial charge in [0.25, 0.3) is 0 Å². The Balaban J connectivity index is 0.000000540. The van der Waals surface area contributed by atoms with Gasteiger partial charge in [0.2, 0.25) is 11.8 Å². The quantitative estimate of drug-likeness (QED) is 0.296. The molecule has 1 rings (SSSR count). The Morgan fingerprint density at radius 1 is 1.07 bits per heavy atom. The van der Waals surface area contributed by atoms with E-state index in [-0.39, 0.29) is 6.42 Å². The van der Waals surface area contributed by atoms with Crippen molar-refractivity contribution in [2.75, 3.05) is 0 Å². The molecule has 0 saturated carbocycles. The maximum atomic E-state index is 11.1. The Kier molecular flexibility index (Phi) is 11.8. The van der Waals surface area contributed by atoms with E-state index in [0.717, 1.165) is 5.56 Å². The predicted molar refractivity (Wildman–Crippen MR) is 100 cm³/mol. The third-order valence-corrected chi connectivity index (χ3v) is 3.47. The van der Waals surface area contributed by atoms with Gasteiger partial charge in [0.1, 0.15) is 6.04 Å². The van der Waals surface area contributed by atoms with Gasteiger partial charge < -0.3 is 32.1 Å². The molecule has 3 unspecified atom stereocenters. The number of carboxylic acid groups (broad SMARTS) is 2. The SMILES string of the molecule is CCCC(=O)NC(C(=O)O)C(O)CC(N)=O.NC(Cc1ccccc1)C(=O)O. The number of carbonyl (C=O) groups excluding carboxylic acids is 2. The highest BCUT2D eigenvalue weighted by Gasteiger charge is 2.29.